The standard InChI is InChI=1S/C22H28N4O3/c1-14-12-19(25-21-16(14)4-3-5-18(21)29-2)26-10-8-15(9-11-26)13-23-22(28)17-6-7-20(27)24-17/h3-5,12,15,17H,6-11,13H2,1-2H3,(H,23,28)(H,24,27). The van der Waals surface area contributed by atoms with Crippen LogP contribution in [-0.4, -0.2) is 49.6 Å². The zero-order chi connectivity index (χ0) is 20.4. The first-order chi connectivity index (χ1) is 14.0. The van der Waals surface area contributed by atoms with Crippen LogP contribution >= 0.6 is 0 Å². The average Bonchev–Trinajstić information content (AvgIpc) is 3.18. The molecule has 2 aliphatic rings. The van der Waals surface area contributed by atoms with Gasteiger partial charge in [0.25, 0.3) is 0 Å². The van der Waals surface area contributed by atoms with Crippen molar-refractivity contribution in [3.8, 4) is 5.75 Å². The maximum Gasteiger partial charge on any atom is 0.242 e. The number of hydrogen-bond donors (Lipinski definition) is 2. The molecule has 7 nitrogen and oxygen atoms in total. The summed E-state index contributed by atoms with van der Waals surface area (Å²) in [4.78, 5) is 30.6. The maximum atomic E-state index is 12.2. The number of aryl methyl sites for hydroxylation is 1. The molecule has 1 aromatic carbocycles. The monoisotopic (exact) mass is 396 g/mol. The summed E-state index contributed by atoms with van der Waals surface area (Å²) in [5.74, 6) is 2.13. The molecule has 0 bridgehead atoms. The Hall–Kier alpha value is -2.83. The molecule has 1 atom stereocenters. The van der Waals surface area contributed by atoms with Crippen molar-refractivity contribution >= 4 is 28.5 Å². The van der Waals surface area contributed by atoms with Crippen molar-refractivity contribution < 1.29 is 14.3 Å². The van der Waals surface area contributed by atoms with Gasteiger partial charge >= 0.3 is 0 Å². The van der Waals surface area contributed by atoms with Gasteiger partial charge < -0.3 is 20.3 Å². The third-order valence-corrected chi connectivity index (χ3v) is 6.03. The van der Waals surface area contributed by atoms with Crippen LogP contribution in [0.5, 0.6) is 5.75 Å². The normalized spacial score (nSPS) is 20.0. The number of piperidine rings is 1. The highest BCUT2D eigenvalue weighted by Crippen LogP contribution is 2.30. The van der Waals surface area contributed by atoms with Gasteiger partial charge in [-0.3, -0.25) is 9.59 Å². The van der Waals surface area contributed by atoms with Crippen LogP contribution < -0.4 is 20.3 Å². The van der Waals surface area contributed by atoms with Gasteiger partial charge in [0, 0.05) is 31.4 Å². The molecule has 2 aliphatic heterocycles. The van der Waals surface area contributed by atoms with Crippen LogP contribution in [0.25, 0.3) is 10.9 Å². The Labute approximate surface area is 170 Å². The van der Waals surface area contributed by atoms with Crippen molar-refractivity contribution in [2.45, 2.75) is 38.6 Å². The largest absolute Gasteiger partial charge is 0.494 e. The number of nitrogens with one attached hydrogen (secondary N) is 2. The predicted octanol–water partition coefficient (Wildman–Crippen LogP) is 2.16. The fourth-order valence-electron chi connectivity index (χ4n) is 4.25. The number of ether oxygens (including phenoxy) is 1. The predicted molar refractivity (Wildman–Crippen MR) is 112 cm³/mol. The maximum absolute atomic E-state index is 12.2. The van der Waals surface area contributed by atoms with Gasteiger partial charge in [-0.2, -0.15) is 0 Å². The number of pyridine rings is 1. The summed E-state index contributed by atoms with van der Waals surface area (Å²) in [6, 6.07) is 7.80. The van der Waals surface area contributed by atoms with Gasteiger partial charge in [-0.1, -0.05) is 12.1 Å². The van der Waals surface area contributed by atoms with Crippen molar-refractivity contribution in [3.63, 3.8) is 0 Å². The van der Waals surface area contributed by atoms with E-state index in [4.69, 9.17) is 9.72 Å². The first kappa shape index (κ1) is 19.5. The number of fused-ring (bicyclic) bond motifs is 1. The minimum atomic E-state index is -0.359. The summed E-state index contributed by atoms with van der Waals surface area (Å²) in [5.41, 5.74) is 2.09. The molecule has 7 heteroatoms. The molecule has 0 saturated carbocycles. The van der Waals surface area contributed by atoms with Gasteiger partial charge in [0.1, 0.15) is 23.1 Å². The second-order valence-corrected chi connectivity index (χ2v) is 7.99. The number of anilines is 1. The number of rotatable bonds is 5. The third kappa shape index (κ3) is 4.13. The number of methoxy groups -OCH3 is 1. The van der Waals surface area contributed by atoms with E-state index in [1.807, 2.05) is 12.1 Å². The van der Waals surface area contributed by atoms with Crippen molar-refractivity contribution in [1.82, 2.24) is 15.6 Å². The molecule has 2 aromatic rings. The average molecular weight is 396 g/mol. The highest BCUT2D eigenvalue weighted by atomic mass is 16.5. The topological polar surface area (TPSA) is 83.6 Å². The number of aromatic nitrogens is 1. The quantitative estimate of drug-likeness (QED) is 0.809. The van der Waals surface area contributed by atoms with Crippen LogP contribution in [0.15, 0.2) is 24.3 Å². The van der Waals surface area contributed by atoms with E-state index in [0.29, 0.717) is 25.3 Å². The van der Waals surface area contributed by atoms with E-state index in [2.05, 4.69) is 34.6 Å². The van der Waals surface area contributed by atoms with Gasteiger partial charge in [0.2, 0.25) is 11.8 Å². The van der Waals surface area contributed by atoms with Crippen molar-refractivity contribution in [3.05, 3.63) is 29.8 Å². The van der Waals surface area contributed by atoms with Crippen molar-refractivity contribution in [2.24, 2.45) is 5.92 Å². The van der Waals surface area contributed by atoms with Crippen LogP contribution in [0, 0.1) is 12.8 Å². The summed E-state index contributed by atoms with van der Waals surface area (Å²) < 4.78 is 5.50. The van der Waals surface area contributed by atoms with Gasteiger partial charge in [-0.05, 0) is 49.8 Å². The minimum Gasteiger partial charge on any atom is -0.494 e. The highest BCUT2D eigenvalue weighted by molar-refractivity contribution is 5.91. The molecule has 4 rings (SSSR count). The Bertz CT molecular complexity index is 922. The number of carbonyl (C=O) groups is 2. The van der Waals surface area contributed by atoms with Crippen molar-refractivity contribution in [2.75, 3.05) is 31.6 Å². The van der Waals surface area contributed by atoms with Crippen LogP contribution in [0.4, 0.5) is 5.82 Å². The lowest BCUT2D eigenvalue weighted by Gasteiger charge is -2.33. The van der Waals surface area contributed by atoms with Crippen LogP contribution in [0.2, 0.25) is 0 Å². The number of amides is 2. The number of benzene rings is 1. The van der Waals surface area contributed by atoms with Gasteiger partial charge in [-0.25, -0.2) is 4.98 Å². The van der Waals surface area contributed by atoms with E-state index in [0.717, 1.165) is 48.4 Å². The zero-order valence-electron chi connectivity index (χ0n) is 17.0. The summed E-state index contributed by atoms with van der Waals surface area (Å²) in [7, 11) is 1.68. The summed E-state index contributed by atoms with van der Waals surface area (Å²) in [6.45, 7) is 4.59. The van der Waals surface area contributed by atoms with Crippen LogP contribution in [-0.2, 0) is 9.59 Å². The number of hydrogen-bond acceptors (Lipinski definition) is 5. The van der Waals surface area contributed by atoms with Gasteiger partial charge in [0.15, 0.2) is 0 Å². The number of para-hydroxylation sites is 1. The second-order valence-electron chi connectivity index (χ2n) is 7.99. The highest BCUT2D eigenvalue weighted by Gasteiger charge is 2.28. The summed E-state index contributed by atoms with van der Waals surface area (Å²) >= 11 is 0. The molecule has 2 N–H and O–H groups in total. The van der Waals surface area contributed by atoms with Crippen LogP contribution in [0.1, 0.15) is 31.2 Å². The van der Waals surface area contributed by atoms with Gasteiger partial charge in [-0.15, -0.1) is 0 Å². The van der Waals surface area contributed by atoms with E-state index in [1.54, 1.807) is 7.11 Å². The molecule has 154 valence electrons. The van der Waals surface area contributed by atoms with Crippen LogP contribution in [0.3, 0.4) is 0 Å². The minimum absolute atomic E-state index is 0.0340. The second kappa shape index (κ2) is 8.27. The summed E-state index contributed by atoms with van der Waals surface area (Å²) in [6.07, 6.45) is 3.04. The molecule has 3 heterocycles. The SMILES string of the molecule is COc1cccc2c(C)cc(N3CCC(CNC(=O)C4CCC(=O)N4)CC3)nc12. The van der Waals surface area contributed by atoms with E-state index in [-0.39, 0.29) is 17.9 Å². The molecule has 0 spiro atoms. The number of nitrogens with zero attached hydrogens (tertiary/aromatic N) is 2. The van der Waals surface area contributed by atoms with E-state index < -0.39 is 0 Å². The molecule has 0 aliphatic carbocycles. The molecule has 2 saturated heterocycles. The fourth-order valence-corrected chi connectivity index (χ4v) is 4.25. The molecule has 29 heavy (non-hydrogen) atoms. The Morgan fingerprint density at radius 3 is 2.79 bits per heavy atom. The lowest BCUT2D eigenvalue weighted by atomic mass is 9.96. The summed E-state index contributed by atoms with van der Waals surface area (Å²) in [5, 5.41) is 6.85. The molecule has 1 aromatic heterocycles. The third-order valence-electron chi connectivity index (χ3n) is 6.03. The van der Waals surface area contributed by atoms with Gasteiger partial charge in [0.05, 0.1) is 7.11 Å². The van der Waals surface area contributed by atoms with E-state index in [1.165, 1.54) is 5.56 Å². The molecular weight excluding hydrogens is 368 g/mol. The fraction of sp³-hybridized carbons (Fsp3) is 0.500. The lowest BCUT2D eigenvalue weighted by molar-refractivity contribution is -0.125. The van der Waals surface area contributed by atoms with Crippen molar-refractivity contribution in [1.29, 1.82) is 0 Å². The molecular formula is C22H28N4O3. The van der Waals surface area contributed by atoms with E-state index >= 15 is 0 Å². The lowest BCUT2D eigenvalue weighted by Crippen LogP contribution is -2.45. The smallest absolute Gasteiger partial charge is 0.242 e. The molecule has 2 amide bonds. The molecule has 1 unspecified atom stereocenters. The van der Waals surface area contributed by atoms with E-state index in [9.17, 15) is 9.59 Å². The first-order valence-corrected chi connectivity index (χ1v) is 10.3. The zero-order valence-corrected chi connectivity index (χ0v) is 17.0. The Balaban J connectivity index is 1.36. The number of carbonyl (C=O) groups excluding carboxylic acids is 2. The molecule has 2 fully saturated rings. The Kier molecular flexibility index (Phi) is 5.56. The Morgan fingerprint density at radius 2 is 2.10 bits per heavy atom. The first-order valence-electron chi connectivity index (χ1n) is 10.3. The Morgan fingerprint density at radius 1 is 1.31 bits per heavy atom. The molecule has 0 radical (unpaired) electrons.